The van der Waals surface area contributed by atoms with E-state index >= 15 is 0 Å². The van der Waals surface area contributed by atoms with Gasteiger partial charge in [0.05, 0.1) is 24.7 Å². The van der Waals surface area contributed by atoms with Crippen LogP contribution >= 0.6 is 0 Å². The van der Waals surface area contributed by atoms with Gasteiger partial charge in [0.15, 0.2) is 0 Å². The highest BCUT2D eigenvalue weighted by Crippen LogP contribution is 2.25. The Kier molecular flexibility index (Phi) is 5.36. The van der Waals surface area contributed by atoms with Crippen LogP contribution in [0.3, 0.4) is 0 Å². The molecule has 2 heterocycles. The monoisotopic (exact) mass is 423 g/mol. The molecule has 5 aromatic rings. The van der Waals surface area contributed by atoms with E-state index in [4.69, 9.17) is 9.15 Å². The molecule has 0 aliphatic rings. The number of hydrogen-bond donors (Lipinski definition) is 2. The zero-order valence-corrected chi connectivity index (χ0v) is 17.4. The molecule has 0 radical (unpaired) electrons. The second-order valence-electron chi connectivity index (χ2n) is 7.27. The number of nitrogens with one attached hydrogen (secondary N) is 2. The summed E-state index contributed by atoms with van der Waals surface area (Å²) in [6.45, 7) is 0. The Balaban J connectivity index is 1.33. The average molecular weight is 423 g/mol. The average Bonchev–Trinajstić information content (AvgIpc) is 3.45. The van der Waals surface area contributed by atoms with Gasteiger partial charge in [0.2, 0.25) is 5.89 Å². The minimum Gasteiger partial charge on any atom is -0.497 e. The van der Waals surface area contributed by atoms with Crippen LogP contribution in [0.4, 0.5) is 11.7 Å². The van der Waals surface area contributed by atoms with Crippen molar-refractivity contribution in [1.82, 2.24) is 20.4 Å². The number of rotatable bonds is 7. The molecule has 5 rings (SSSR count). The first-order valence-corrected chi connectivity index (χ1v) is 10.2. The van der Waals surface area contributed by atoms with Crippen molar-refractivity contribution in [2.24, 2.45) is 0 Å². The molecular weight excluding hydrogens is 402 g/mol. The Morgan fingerprint density at radius 2 is 1.88 bits per heavy atom. The molecule has 2 N–H and O–H groups in total. The quantitative estimate of drug-likeness (QED) is 0.361. The Morgan fingerprint density at radius 1 is 0.969 bits per heavy atom. The van der Waals surface area contributed by atoms with Gasteiger partial charge in [-0.15, -0.1) is 5.10 Å². The Hall–Kier alpha value is -4.39. The molecule has 0 bridgehead atoms. The van der Waals surface area contributed by atoms with E-state index in [0.29, 0.717) is 18.3 Å². The molecule has 0 atom stereocenters. The van der Waals surface area contributed by atoms with Gasteiger partial charge in [-0.3, -0.25) is 5.10 Å². The van der Waals surface area contributed by atoms with Crippen molar-refractivity contribution >= 4 is 34.8 Å². The van der Waals surface area contributed by atoms with Gasteiger partial charge >= 0.3 is 6.01 Å². The molecule has 7 heteroatoms. The lowest BCUT2D eigenvalue weighted by atomic mass is 10.1. The fourth-order valence-corrected chi connectivity index (χ4v) is 3.43. The van der Waals surface area contributed by atoms with E-state index < -0.39 is 0 Å². The molecule has 0 aliphatic heterocycles. The second-order valence-corrected chi connectivity index (χ2v) is 7.27. The molecule has 3 aromatic carbocycles. The van der Waals surface area contributed by atoms with Gasteiger partial charge in [0, 0.05) is 11.1 Å². The van der Waals surface area contributed by atoms with Crippen LogP contribution in [0.15, 0.2) is 77.2 Å². The predicted octanol–water partition coefficient (Wildman–Crippen LogP) is 5.46. The summed E-state index contributed by atoms with van der Waals surface area (Å²) in [5.41, 5.74) is 4.80. The fraction of sp³-hybridized carbons (Fsp3) is 0.0800. The number of aromatic amines is 1. The van der Waals surface area contributed by atoms with Crippen molar-refractivity contribution < 1.29 is 9.15 Å². The molecule has 0 fully saturated rings. The maximum atomic E-state index is 5.78. The molecule has 0 unspecified atom stereocenters. The molecule has 0 aliphatic carbocycles. The largest absolute Gasteiger partial charge is 0.497 e. The summed E-state index contributed by atoms with van der Waals surface area (Å²) in [6.07, 6.45) is 4.57. The summed E-state index contributed by atoms with van der Waals surface area (Å²) in [5, 5.41) is 19.9. The van der Waals surface area contributed by atoms with E-state index in [2.05, 4.69) is 37.8 Å². The zero-order chi connectivity index (χ0) is 21.8. The first-order valence-electron chi connectivity index (χ1n) is 10.2. The summed E-state index contributed by atoms with van der Waals surface area (Å²) in [6, 6.07) is 24.2. The van der Waals surface area contributed by atoms with E-state index in [-0.39, 0.29) is 0 Å². The molecule has 0 saturated carbocycles. The lowest BCUT2D eigenvalue weighted by Gasteiger charge is -2.02. The number of aromatic nitrogens is 4. The van der Waals surface area contributed by atoms with Crippen LogP contribution < -0.4 is 10.1 Å². The number of H-pyrrole nitrogens is 1. The van der Waals surface area contributed by atoms with Crippen LogP contribution in [0.2, 0.25) is 0 Å². The standard InChI is InChI=1S/C25H21N5O2/c1-31-20-9-5-8-18(14-20)15-24-29-30-25(32-24)26-19-11-13-23-21(16-19)22(27-28-23)12-10-17-6-3-2-4-7-17/h2-14,16H,15H2,1H3,(H,26,30)(H,27,28)/b12-10+. The summed E-state index contributed by atoms with van der Waals surface area (Å²) >= 11 is 0. The van der Waals surface area contributed by atoms with E-state index in [1.54, 1.807) is 7.11 Å². The number of anilines is 2. The minimum atomic E-state index is 0.340. The minimum absolute atomic E-state index is 0.340. The molecular formula is C25H21N5O2. The third kappa shape index (κ3) is 4.37. The SMILES string of the molecule is COc1cccc(Cc2nnc(Nc3ccc4[nH]nc(/C=C/c5ccccc5)c4c3)o2)c1. The highest BCUT2D eigenvalue weighted by molar-refractivity contribution is 5.91. The van der Waals surface area contributed by atoms with Crippen molar-refractivity contribution in [3.05, 3.63) is 95.5 Å². The van der Waals surface area contributed by atoms with Crippen molar-refractivity contribution in [3.8, 4) is 5.75 Å². The van der Waals surface area contributed by atoms with Crippen molar-refractivity contribution in [2.45, 2.75) is 6.42 Å². The molecule has 0 spiro atoms. The van der Waals surface area contributed by atoms with E-state index in [0.717, 1.165) is 39.2 Å². The topological polar surface area (TPSA) is 88.9 Å². The van der Waals surface area contributed by atoms with Gasteiger partial charge < -0.3 is 14.5 Å². The summed E-state index contributed by atoms with van der Waals surface area (Å²) < 4.78 is 11.0. The van der Waals surface area contributed by atoms with Crippen LogP contribution in [-0.4, -0.2) is 27.5 Å². The second kappa shape index (κ2) is 8.77. The van der Waals surface area contributed by atoms with Crippen LogP contribution in [0.1, 0.15) is 22.7 Å². The van der Waals surface area contributed by atoms with E-state index in [1.807, 2.05) is 72.8 Å². The smallest absolute Gasteiger partial charge is 0.320 e. The maximum absolute atomic E-state index is 5.78. The molecule has 7 nitrogen and oxygen atoms in total. The van der Waals surface area contributed by atoms with Gasteiger partial charge in [-0.05, 0) is 47.5 Å². The van der Waals surface area contributed by atoms with Crippen molar-refractivity contribution in [2.75, 3.05) is 12.4 Å². The third-order valence-corrected chi connectivity index (χ3v) is 5.03. The Bertz CT molecular complexity index is 1370. The van der Waals surface area contributed by atoms with Gasteiger partial charge in [-0.25, -0.2) is 0 Å². The molecule has 0 saturated heterocycles. The predicted molar refractivity (Wildman–Crippen MR) is 125 cm³/mol. The molecule has 32 heavy (non-hydrogen) atoms. The van der Waals surface area contributed by atoms with Crippen LogP contribution in [-0.2, 0) is 6.42 Å². The summed E-state index contributed by atoms with van der Waals surface area (Å²) in [7, 11) is 1.65. The lowest BCUT2D eigenvalue weighted by molar-refractivity contribution is 0.414. The highest BCUT2D eigenvalue weighted by Gasteiger charge is 2.10. The third-order valence-electron chi connectivity index (χ3n) is 5.03. The number of ether oxygens (including phenoxy) is 1. The van der Waals surface area contributed by atoms with E-state index in [1.165, 1.54) is 0 Å². The number of hydrogen-bond acceptors (Lipinski definition) is 6. The maximum Gasteiger partial charge on any atom is 0.320 e. The van der Waals surface area contributed by atoms with Gasteiger partial charge in [-0.2, -0.15) is 5.10 Å². The number of fused-ring (bicyclic) bond motifs is 1. The normalized spacial score (nSPS) is 11.3. The fourth-order valence-electron chi connectivity index (χ4n) is 3.43. The first-order chi connectivity index (χ1) is 15.8. The highest BCUT2D eigenvalue weighted by atomic mass is 16.5. The Labute approximate surface area is 184 Å². The van der Waals surface area contributed by atoms with Crippen LogP contribution in [0.25, 0.3) is 23.1 Å². The lowest BCUT2D eigenvalue weighted by Crippen LogP contribution is -1.90. The van der Waals surface area contributed by atoms with Gasteiger partial charge in [0.25, 0.3) is 0 Å². The number of benzene rings is 3. The number of nitrogens with zero attached hydrogens (tertiary/aromatic N) is 3. The van der Waals surface area contributed by atoms with Crippen molar-refractivity contribution in [3.63, 3.8) is 0 Å². The van der Waals surface area contributed by atoms with Crippen LogP contribution in [0, 0.1) is 0 Å². The van der Waals surface area contributed by atoms with E-state index in [9.17, 15) is 0 Å². The molecule has 0 amide bonds. The van der Waals surface area contributed by atoms with Crippen LogP contribution in [0.5, 0.6) is 5.75 Å². The molecule has 158 valence electrons. The molecule has 2 aromatic heterocycles. The van der Waals surface area contributed by atoms with Gasteiger partial charge in [-0.1, -0.05) is 53.6 Å². The summed E-state index contributed by atoms with van der Waals surface area (Å²) in [4.78, 5) is 0. The number of methoxy groups -OCH3 is 1. The Morgan fingerprint density at radius 3 is 2.75 bits per heavy atom. The summed E-state index contributed by atoms with van der Waals surface area (Å²) in [5.74, 6) is 1.32. The van der Waals surface area contributed by atoms with Crippen molar-refractivity contribution in [1.29, 1.82) is 0 Å². The first kappa shape index (κ1) is 19.6. The zero-order valence-electron chi connectivity index (χ0n) is 17.4. The van der Waals surface area contributed by atoms with Gasteiger partial charge in [0.1, 0.15) is 5.75 Å².